The average molecular weight is 571 g/mol. The molecule has 8 saturated heterocycles. The fourth-order valence-corrected chi connectivity index (χ4v) is 19.8. The number of hydrogen-bond donors (Lipinski definition) is 0. The van der Waals surface area contributed by atoms with Crippen LogP contribution < -0.4 is 0 Å². The predicted octanol–water partition coefficient (Wildman–Crippen LogP) is 7.31. The van der Waals surface area contributed by atoms with Crippen molar-refractivity contribution in [3.8, 4) is 0 Å². The molecule has 8 fully saturated rings. The zero-order valence-corrected chi connectivity index (χ0v) is 20.8. The molecule has 8 aliphatic heterocycles. The van der Waals surface area contributed by atoms with Crippen LogP contribution in [0.5, 0.6) is 0 Å². The molecule has 8 heterocycles. The van der Waals surface area contributed by atoms with E-state index in [2.05, 4.69) is 40.1 Å². The number of esters is 1. The van der Waals surface area contributed by atoms with Crippen LogP contribution in [0.4, 0.5) is 0 Å². The van der Waals surface area contributed by atoms with Crippen LogP contribution in [0.2, 0.25) is 0 Å². The SMILES string of the molecule is C.C.C.C.COC(=O)C12CC3SC(C1)SC(C2)S3.[N-]=[N+]=CC(=O)C12CC3SC(C1)SC(C2)S3. The quantitative estimate of drug-likeness (QED) is 0.150. The minimum Gasteiger partial charge on any atom is -0.469 e. The van der Waals surface area contributed by atoms with Gasteiger partial charge in [0.2, 0.25) is 5.78 Å². The van der Waals surface area contributed by atoms with Crippen molar-refractivity contribution in [2.45, 2.75) is 95.7 Å². The maximum atomic E-state index is 12.0. The molecule has 0 aromatic rings. The molecule has 190 valence electrons. The number of nitrogens with zero attached hydrogens (tertiary/aromatic N) is 2. The Bertz CT molecular complexity index is 703. The largest absolute Gasteiger partial charge is 0.469 e. The smallest absolute Gasteiger partial charge is 0.323 e. The van der Waals surface area contributed by atoms with E-state index in [1.54, 1.807) is 0 Å². The van der Waals surface area contributed by atoms with Gasteiger partial charge in [-0.3, -0.25) is 9.59 Å². The van der Waals surface area contributed by atoms with E-state index in [1.165, 1.54) is 7.11 Å². The topological polar surface area (TPSA) is 79.8 Å². The third-order valence-corrected chi connectivity index (χ3v) is 16.1. The first-order valence-electron chi connectivity index (χ1n) is 9.67. The van der Waals surface area contributed by atoms with Gasteiger partial charge in [0, 0.05) is 5.41 Å². The second-order valence-corrected chi connectivity index (χ2v) is 18.5. The van der Waals surface area contributed by atoms with Crippen molar-refractivity contribution in [2.24, 2.45) is 10.8 Å². The molecular weight excluding hydrogens is 533 g/mol. The molecule has 0 aliphatic carbocycles. The molecule has 8 rings (SSSR count). The Balaban J connectivity index is 0.000000295. The third-order valence-electron chi connectivity index (χ3n) is 6.48. The minimum absolute atomic E-state index is 0. The van der Waals surface area contributed by atoms with Crippen LogP contribution in [-0.4, -0.2) is 57.4 Å². The highest BCUT2D eigenvalue weighted by atomic mass is 32.3. The molecule has 0 atom stereocenters. The number of rotatable bonds is 3. The maximum Gasteiger partial charge on any atom is 0.323 e. The summed E-state index contributed by atoms with van der Waals surface area (Å²) in [6.45, 7) is 0. The molecule has 0 aromatic carbocycles. The van der Waals surface area contributed by atoms with Gasteiger partial charge in [-0.05, 0) is 38.5 Å². The summed E-state index contributed by atoms with van der Waals surface area (Å²) in [4.78, 5) is 26.7. The lowest BCUT2D eigenvalue weighted by molar-refractivity contribution is -0.154. The van der Waals surface area contributed by atoms with Crippen LogP contribution in [0, 0.1) is 10.8 Å². The molecule has 0 amide bonds. The van der Waals surface area contributed by atoms with Crippen LogP contribution in [0.25, 0.3) is 5.53 Å². The van der Waals surface area contributed by atoms with Crippen LogP contribution in [0.15, 0.2) is 0 Å². The molecule has 0 aromatic heterocycles. The molecular formula is C22H38N2O3S6. The Morgan fingerprint density at radius 2 is 1.03 bits per heavy atom. The van der Waals surface area contributed by atoms with E-state index < -0.39 is 0 Å². The Labute approximate surface area is 225 Å². The van der Waals surface area contributed by atoms with Gasteiger partial charge in [-0.15, -0.1) is 70.6 Å². The van der Waals surface area contributed by atoms with Crippen molar-refractivity contribution in [1.29, 1.82) is 0 Å². The summed E-state index contributed by atoms with van der Waals surface area (Å²) >= 11 is 12.2. The van der Waals surface area contributed by atoms with Crippen LogP contribution in [0.1, 0.15) is 68.2 Å². The lowest BCUT2D eigenvalue weighted by Gasteiger charge is -2.53. The number of methoxy groups -OCH3 is 1. The first-order chi connectivity index (χ1) is 13.9. The van der Waals surface area contributed by atoms with Crippen LogP contribution in [-0.2, 0) is 14.3 Å². The highest BCUT2D eigenvalue weighted by Gasteiger charge is 2.57. The lowest BCUT2D eigenvalue weighted by atomic mass is 9.75. The summed E-state index contributed by atoms with van der Waals surface area (Å²) in [5.74, 6) is 0.0734. The van der Waals surface area contributed by atoms with Crippen molar-refractivity contribution in [3.05, 3.63) is 5.53 Å². The summed E-state index contributed by atoms with van der Waals surface area (Å²) < 4.78 is 8.66. The van der Waals surface area contributed by atoms with Crippen molar-refractivity contribution >= 4 is 88.5 Å². The second kappa shape index (κ2) is 12.2. The number of ketones is 1. The number of thioether (sulfide) groups is 6. The van der Waals surface area contributed by atoms with Gasteiger partial charge in [0.25, 0.3) is 0 Å². The van der Waals surface area contributed by atoms with E-state index >= 15 is 0 Å². The van der Waals surface area contributed by atoms with Crippen molar-refractivity contribution in [2.75, 3.05) is 7.11 Å². The van der Waals surface area contributed by atoms with E-state index in [-0.39, 0.29) is 52.3 Å². The van der Waals surface area contributed by atoms with Crippen LogP contribution >= 0.6 is 70.6 Å². The molecule has 0 unspecified atom stereocenters. The fraction of sp³-hybridized carbons (Fsp3) is 0.864. The highest BCUT2D eigenvalue weighted by molar-refractivity contribution is 8.34. The van der Waals surface area contributed by atoms with Crippen LogP contribution in [0.3, 0.4) is 0 Å². The summed E-state index contributed by atoms with van der Waals surface area (Å²) in [6, 6.07) is 0. The predicted molar refractivity (Wildman–Crippen MR) is 154 cm³/mol. The zero-order chi connectivity index (χ0) is 20.2. The molecule has 0 radical (unpaired) electrons. The number of ether oxygens (including phenoxy) is 1. The number of carbonyl (C=O) groups excluding carboxylic acids is 2. The molecule has 8 aliphatic rings. The third kappa shape index (κ3) is 5.96. The minimum atomic E-state index is -0.200. The Morgan fingerprint density at radius 1 is 0.727 bits per heavy atom. The normalized spacial score (nSPS) is 42.0. The Kier molecular flexibility index (Phi) is 11.7. The molecule has 8 bridgehead atoms. The summed E-state index contributed by atoms with van der Waals surface area (Å²) in [5.41, 5.74) is 8.16. The fourth-order valence-electron chi connectivity index (χ4n) is 5.16. The molecule has 5 nitrogen and oxygen atoms in total. The van der Waals surface area contributed by atoms with E-state index in [9.17, 15) is 9.59 Å². The van der Waals surface area contributed by atoms with Crippen molar-refractivity contribution in [3.63, 3.8) is 0 Å². The summed E-state index contributed by atoms with van der Waals surface area (Å²) in [5, 5.41) is 0. The standard InChI is InChI=1S/C9H10N2OS3.C9H12O2S3.4CH4/c10-11-4-5(12)9-1-6-13-7(2-9)15-8(3-9)14-6;1-11-8(10)9-2-5-12-6(3-9)14-7(4-9)13-5;;;;/h4,6-8H,1-3H2;5-7H,2-4H2,1H3;4*1H4. The van der Waals surface area contributed by atoms with Gasteiger partial charge in [-0.2, -0.15) is 4.79 Å². The zero-order valence-electron chi connectivity index (χ0n) is 15.9. The van der Waals surface area contributed by atoms with E-state index in [1.807, 2.05) is 35.3 Å². The monoisotopic (exact) mass is 570 g/mol. The Morgan fingerprint density at radius 3 is 1.30 bits per heavy atom. The van der Waals surface area contributed by atoms with Crippen molar-refractivity contribution < 1.29 is 19.1 Å². The molecule has 0 N–H and O–H groups in total. The second-order valence-electron chi connectivity index (χ2n) is 8.28. The Hall–Kier alpha value is 0.620. The number of Topliss-reactive ketones (excluding diaryl/α,β-unsaturated/α-hetero) is 1. The molecule has 33 heavy (non-hydrogen) atoms. The molecule has 0 saturated carbocycles. The summed E-state index contributed by atoms with van der Waals surface area (Å²) in [6.07, 6.45) is 7.07. The molecule has 11 heteroatoms. The van der Waals surface area contributed by atoms with Gasteiger partial charge in [-0.1, -0.05) is 29.7 Å². The van der Waals surface area contributed by atoms with Gasteiger partial charge in [0.05, 0.1) is 40.0 Å². The van der Waals surface area contributed by atoms with Gasteiger partial charge in [-0.25, -0.2) is 0 Å². The highest BCUT2D eigenvalue weighted by Crippen LogP contribution is 2.67. The van der Waals surface area contributed by atoms with E-state index in [0.29, 0.717) is 27.5 Å². The van der Waals surface area contributed by atoms with Gasteiger partial charge in [0.1, 0.15) is 0 Å². The van der Waals surface area contributed by atoms with Gasteiger partial charge >= 0.3 is 12.2 Å². The van der Waals surface area contributed by atoms with Gasteiger partial charge in [0.15, 0.2) is 0 Å². The average Bonchev–Trinajstić information content (AvgIpc) is 2.66. The van der Waals surface area contributed by atoms with Gasteiger partial charge < -0.3 is 10.3 Å². The molecule has 0 spiro atoms. The first-order valence-corrected chi connectivity index (χ1v) is 15.3. The maximum absolute atomic E-state index is 12.0. The number of hydrogen-bond acceptors (Lipinski definition) is 9. The number of carbonyl (C=O) groups is 2. The summed E-state index contributed by atoms with van der Waals surface area (Å²) in [7, 11) is 1.52. The van der Waals surface area contributed by atoms with Crippen molar-refractivity contribution in [1.82, 2.24) is 0 Å². The lowest BCUT2D eigenvalue weighted by Crippen LogP contribution is -2.49. The first kappa shape index (κ1) is 31.6. The van der Waals surface area contributed by atoms with E-state index in [0.717, 1.165) is 44.7 Å². The van der Waals surface area contributed by atoms with E-state index in [4.69, 9.17) is 10.3 Å².